The molecule has 0 saturated heterocycles. The van der Waals surface area contributed by atoms with Gasteiger partial charge < -0.3 is 5.32 Å². The summed E-state index contributed by atoms with van der Waals surface area (Å²) in [6, 6.07) is 18.2. The van der Waals surface area contributed by atoms with Crippen LogP contribution in [0.15, 0.2) is 77.8 Å². The van der Waals surface area contributed by atoms with Crippen LogP contribution >= 0.6 is 0 Å². The lowest BCUT2D eigenvalue weighted by atomic mass is 9.93. The molecule has 0 aliphatic heterocycles. The van der Waals surface area contributed by atoms with Gasteiger partial charge >= 0.3 is 6.18 Å². The summed E-state index contributed by atoms with van der Waals surface area (Å²) < 4.78 is 66.2. The highest BCUT2D eigenvalue weighted by molar-refractivity contribution is 7.91. The topological polar surface area (TPSA) is 59.1 Å². The molecule has 1 heterocycles. The average Bonchev–Trinajstić information content (AvgIpc) is 2.83. The molecule has 4 nitrogen and oxygen atoms in total. The van der Waals surface area contributed by atoms with Crippen LogP contribution < -0.4 is 5.32 Å². The Kier molecular flexibility index (Phi) is 6.96. The number of sulfone groups is 1. The molecule has 1 aromatic heterocycles. The van der Waals surface area contributed by atoms with E-state index < -0.39 is 21.6 Å². The van der Waals surface area contributed by atoms with Gasteiger partial charge in [-0.3, -0.25) is 4.98 Å². The van der Waals surface area contributed by atoms with Gasteiger partial charge in [-0.15, -0.1) is 0 Å². The lowest BCUT2D eigenvalue weighted by molar-refractivity contribution is -0.136. The summed E-state index contributed by atoms with van der Waals surface area (Å²) in [5.41, 5.74) is 2.76. The third-order valence-corrected chi connectivity index (χ3v) is 7.71. The fraction of sp³-hybridized carbons (Fsp3) is 0.222. The van der Waals surface area contributed by atoms with Crippen LogP contribution in [-0.2, 0) is 16.0 Å². The van der Waals surface area contributed by atoms with E-state index in [1.54, 1.807) is 31.3 Å². The highest BCUT2D eigenvalue weighted by atomic mass is 32.2. The molecule has 0 fully saturated rings. The van der Waals surface area contributed by atoms with E-state index >= 15 is 0 Å². The van der Waals surface area contributed by atoms with Crippen molar-refractivity contribution in [1.82, 2.24) is 10.3 Å². The number of nitrogens with zero attached hydrogens (tertiary/aromatic N) is 1. The molecule has 4 aromatic rings. The van der Waals surface area contributed by atoms with Gasteiger partial charge in [-0.05, 0) is 79.0 Å². The molecular weight excluding hydrogens is 473 g/mol. The molecule has 3 aromatic carbocycles. The minimum absolute atomic E-state index is 0.0427. The van der Waals surface area contributed by atoms with E-state index in [1.165, 1.54) is 12.3 Å². The van der Waals surface area contributed by atoms with Gasteiger partial charge in [-0.25, -0.2) is 8.42 Å². The molecule has 35 heavy (non-hydrogen) atoms. The Labute approximate surface area is 202 Å². The molecule has 0 atom stereocenters. The molecule has 0 amide bonds. The predicted molar refractivity (Wildman–Crippen MR) is 133 cm³/mol. The van der Waals surface area contributed by atoms with Crippen LogP contribution in [0.4, 0.5) is 13.2 Å². The van der Waals surface area contributed by atoms with Crippen molar-refractivity contribution < 1.29 is 21.6 Å². The smallest absolute Gasteiger partial charge is 0.320 e. The first-order valence-corrected chi connectivity index (χ1v) is 12.8. The number of benzene rings is 3. The zero-order chi connectivity index (χ0) is 25.2. The number of nitrogens with one attached hydrogen (secondary N) is 1. The molecule has 0 saturated carbocycles. The van der Waals surface area contributed by atoms with Crippen molar-refractivity contribution in [2.24, 2.45) is 0 Å². The van der Waals surface area contributed by atoms with Crippen LogP contribution in [-0.4, -0.2) is 32.7 Å². The zero-order valence-corrected chi connectivity index (χ0v) is 20.2. The maximum Gasteiger partial charge on any atom is 0.418 e. The van der Waals surface area contributed by atoms with Crippen LogP contribution in [0, 0.1) is 6.92 Å². The van der Waals surface area contributed by atoms with Crippen molar-refractivity contribution in [2.75, 3.05) is 19.3 Å². The van der Waals surface area contributed by atoms with Gasteiger partial charge in [0.2, 0.25) is 0 Å². The first kappa shape index (κ1) is 24.9. The van der Waals surface area contributed by atoms with Gasteiger partial charge in [0.15, 0.2) is 9.84 Å². The average molecular weight is 499 g/mol. The largest absolute Gasteiger partial charge is 0.418 e. The highest BCUT2D eigenvalue weighted by Gasteiger charge is 2.33. The zero-order valence-electron chi connectivity index (χ0n) is 19.4. The monoisotopic (exact) mass is 498 g/mol. The van der Waals surface area contributed by atoms with Crippen molar-refractivity contribution in [3.8, 4) is 22.3 Å². The summed E-state index contributed by atoms with van der Waals surface area (Å²) in [6.45, 7) is 2.42. The minimum atomic E-state index is -4.51. The van der Waals surface area contributed by atoms with Crippen molar-refractivity contribution in [3.05, 3.63) is 84.1 Å². The number of hydrogen-bond acceptors (Lipinski definition) is 4. The second kappa shape index (κ2) is 9.79. The van der Waals surface area contributed by atoms with Crippen molar-refractivity contribution >= 4 is 20.7 Å². The fourth-order valence-electron chi connectivity index (χ4n) is 4.21. The van der Waals surface area contributed by atoms with Gasteiger partial charge in [0.05, 0.1) is 21.7 Å². The fourth-order valence-corrected chi connectivity index (χ4v) is 5.57. The molecule has 0 aliphatic carbocycles. The highest BCUT2D eigenvalue weighted by Crippen LogP contribution is 2.39. The third-order valence-electron chi connectivity index (χ3n) is 5.91. The van der Waals surface area contributed by atoms with Crippen LogP contribution in [0.3, 0.4) is 0 Å². The van der Waals surface area contributed by atoms with Crippen LogP contribution in [0.2, 0.25) is 0 Å². The van der Waals surface area contributed by atoms with E-state index in [1.807, 2.05) is 37.3 Å². The molecule has 182 valence electrons. The lowest BCUT2D eigenvalue weighted by Gasteiger charge is -2.15. The number of fused-ring (bicyclic) bond motifs is 1. The number of aromatic nitrogens is 1. The van der Waals surface area contributed by atoms with E-state index in [0.717, 1.165) is 22.8 Å². The van der Waals surface area contributed by atoms with Gasteiger partial charge in [-0.2, -0.15) is 13.2 Å². The summed E-state index contributed by atoms with van der Waals surface area (Å²) in [4.78, 5) is 4.34. The summed E-state index contributed by atoms with van der Waals surface area (Å²) in [5.74, 6) is 0.0427. The molecule has 0 radical (unpaired) electrons. The first-order valence-electron chi connectivity index (χ1n) is 11.2. The Morgan fingerprint density at radius 3 is 2.29 bits per heavy atom. The number of alkyl halides is 3. The van der Waals surface area contributed by atoms with Gasteiger partial charge in [0, 0.05) is 11.6 Å². The molecule has 1 N–H and O–H groups in total. The minimum Gasteiger partial charge on any atom is -0.320 e. The Hall–Kier alpha value is -3.23. The van der Waals surface area contributed by atoms with Gasteiger partial charge in [-0.1, -0.05) is 42.5 Å². The predicted octanol–water partition coefficient (Wildman–Crippen LogP) is 6.28. The molecule has 0 unspecified atom stereocenters. The SMILES string of the molecule is CNCCCS(=O)(=O)c1cccc(-c2cccc(-c3c(C)cnc4c(C(F)(F)F)cccc34)c2)c1. The summed E-state index contributed by atoms with van der Waals surface area (Å²) >= 11 is 0. The normalized spacial score (nSPS) is 12.3. The van der Waals surface area contributed by atoms with E-state index in [0.29, 0.717) is 29.5 Å². The van der Waals surface area contributed by atoms with Crippen molar-refractivity contribution in [1.29, 1.82) is 0 Å². The van der Waals surface area contributed by atoms with Gasteiger partial charge in [0.25, 0.3) is 0 Å². The van der Waals surface area contributed by atoms with Gasteiger partial charge in [0.1, 0.15) is 0 Å². The number of hydrogen-bond donors (Lipinski definition) is 1. The van der Waals surface area contributed by atoms with E-state index in [9.17, 15) is 21.6 Å². The molecule has 0 spiro atoms. The molecule has 4 rings (SSSR count). The van der Waals surface area contributed by atoms with Crippen molar-refractivity contribution in [2.45, 2.75) is 24.4 Å². The lowest BCUT2D eigenvalue weighted by Crippen LogP contribution is -2.14. The Morgan fingerprint density at radius 2 is 1.57 bits per heavy atom. The second-order valence-corrected chi connectivity index (χ2v) is 10.5. The Bertz CT molecular complexity index is 1480. The van der Waals surface area contributed by atoms with Crippen LogP contribution in [0.1, 0.15) is 17.5 Å². The summed E-state index contributed by atoms with van der Waals surface area (Å²) in [6.07, 6.45) is -2.55. The standard InChI is InChI=1S/C27H25F3N2O2S/c1-18-17-32-26-23(11-5-12-24(26)27(28,29)30)25(18)21-9-3-7-19(15-21)20-8-4-10-22(16-20)35(33,34)14-6-13-31-2/h3-5,7-12,15-17,31H,6,13-14H2,1-2H3. The Morgan fingerprint density at radius 1 is 0.914 bits per heavy atom. The van der Waals surface area contributed by atoms with E-state index in [-0.39, 0.29) is 16.2 Å². The maximum absolute atomic E-state index is 13.6. The number of halogens is 3. The molecule has 0 bridgehead atoms. The number of rotatable bonds is 7. The third kappa shape index (κ3) is 5.23. The Balaban J connectivity index is 1.80. The quantitative estimate of drug-likeness (QED) is 0.305. The number of pyridine rings is 1. The second-order valence-electron chi connectivity index (χ2n) is 8.40. The maximum atomic E-state index is 13.6. The number of aryl methyl sites for hydroxylation is 1. The molecule has 0 aliphatic rings. The first-order chi connectivity index (χ1) is 16.6. The number of para-hydroxylation sites is 1. The summed E-state index contributed by atoms with van der Waals surface area (Å²) in [7, 11) is -1.66. The van der Waals surface area contributed by atoms with E-state index in [2.05, 4.69) is 10.3 Å². The molecular formula is C27H25F3N2O2S. The summed E-state index contributed by atoms with van der Waals surface area (Å²) in [5, 5.41) is 3.36. The van der Waals surface area contributed by atoms with Crippen molar-refractivity contribution in [3.63, 3.8) is 0 Å². The van der Waals surface area contributed by atoms with Crippen LogP contribution in [0.5, 0.6) is 0 Å². The van der Waals surface area contributed by atoms with E-state index in [4.69, 9.17) is 0 Å². The molecule has 8 heteroatoms. The van der Waals surface area contributed by atoms with Crippen LogP contribution in [0.25, 0.3) is 33.2 Å².